The van der Waals surface area contributed by atoms with Crippen molar-refractivity contribution in [2.75, 3.05) is 12.3 Å². The van der Waals surface area contributed by atoms with E-state index in [0.29, 0.717) is 30.9 Å². The Kier molecular flexibility index (Phi) is 4.63. The van der Waals surface area contributed by atoms with Gasteiger partial charge in [-0.15, -0.1) is 11.3 Å². The molecule has 2 heterocycles. The van der Waals surface area contributed by atoms with Crippen molar-refractivity contribution in [3.63, 3.8) is 0 Å². The minimum Gasteiger partial charge on any atom is -0.375 e. The van der Waals surface area contributed by atoms with Gasteiger partial charge in [0.15, 0.2) is 5.13 Å². The summed E-state index contributed by atoms with van der Waals surface area (Å²) >= 11 is 1.38. The van der Waals surface area contributed by atoms with E-state index in [-0.39, 0.29) is 23.9 Å². The molecule has 26 heavy (non-hydrogen) atoms. The van der Waals surface area contributed by atoms with Gasteiger partial charge < -0.3 is 16.0 Å². The van der Waals surface area contributed by atoms with Crippen LogP contribution in [-0.2, 0) is 28.9 Å². The zero-order chi connectivity index (χ0) is 18.1. The standard InChI is InChI=1S/C19H22N4O2S/c20-19-22-14(11-26-19)5-6-17(24)21-15-9-18(25)23(10-15)16-7-12-3-1-2-4-13(12)8-16/h1-4,11,15-16H,5-10H2,(H2,20,22)(H,21,24). The lowest BCUT2D eigenvalue weighted by molar-refractivity contribution is -0.129. The number of nitrogens with two attached hydrogens (primary N) is 1. The number of nitrogens with zero attached hydrogens (tertiary/aromatic N) is 2. The van der Waals surface area contributed by atoms with Crippen LogP contribution in [0.3, 0.4) is 0 Å². The summed E-state index contributed by atoms with van der Waals surface area (Å²) in [5.74, 6) is 0.103. The molecule has 1 saturated heterocycles. The fourth-order valence-electron chi connectivity index (χ4n) is 3.92. The Labute approximate surface area is 156 Å². The zero-order valence-corrected chi connectivity index (χ0v) is 15.3. The van der Waals surface area contributed by atoms with Gasteiger partial charge in [0.25, 0.3) is 0 Å². The normalized spacial score (nSPS) is 19.8. The van der Waals surface area contributed by atoms with Crippen molar-refractivity contribution in [2.45, 2.75) is 44.2 Å². The van der Waals surface area contributed by atoms with E-state index in [0.717, 1.165) is 18.5 Å². The van der Waals surface area contributed by atoms with E-state index in [2.05, 4.69) is 22.4 Å². The summed E-state index contributed by atoms with van der Waals surface area (Å²) in [7, 11) is 0. The van der Waals surface area contributed by atoms with Crippen molar-refractivity contribution in [1.29, 1.82) is 0 Å². The highest BCUT2D eigenvalue weighted by Crippen LogP contribution is 2.28. The molecule has 6 nitrogen and oxygen atoms in total. The van der Waals surface area contributed by atoms with Crippen molar-refractivity contribution in [3.05, 3.63) is 46.5 Å². The third-order valence-corrected chi connectivity index (χ3v) is 5.89. The van der Waals surface area contributed by atoms with Crippen LogP contribution in [0.5, 0.6) is 0 Å². The third kappa shape index (κ3) is 3.58. The van der Waals surface area contributed by atoms with E-state index >= 15 is 0 Å². The molecule has 1 aliphatic carbocycles. The summed E-state index contributed by atoms with van der Waals surface area (Å²) in [5, 5.41) is 5.40. The van der Waals surface area contributed by atoms with Gasteiger partial charge in [0.2, 0.25) is 11.8 Å². The highest BCUT2D eigenvalue weighted by atomic mass is 32.1. The molecule has 2 aromatic rings. The minimum atomic E-state index is -0.0979. The zero-order valence-electron chi connectivity index (χ0n) is 14.5. The maximum Gasteiger partial charge on any atom is 0.225 e. The second-order valence-electron chi connectivity index (χ2n) is 7.02. The molecule has 1 aliphatic heterocycles. The molecule has 0 radical (unpaired) electrons. The first-order chi connectivity index (χ1) is 12.6. The highest BCUT2D eigenvalue weighted by molar-refractivity contribution is 7.13. The van der Waals surface area contributed by atoms with E-state index in [1.165, 1.54) is 22.5 Å². The van der Waals surface area contributed by atoms with Gasteiger partial charge in [0, 0.05) is 30.8 Å². The lowest BCUT2D eigenvalue weighted by Gasteiger charge is -2.24. The summed E-state index contributed by atoms with van der Waals surface area (Å²) < 4.78 is 0. The van der Waals surface area contributed by atoms with Crippen molar-refractivity contribution in [2.24, 2.45) is 0 Å². The average molecular weight is 370 g/mol. The lowest BCUT2D eigenvalue weighted by Crippen LogP contribution is -2.41. The molecule has 2 aliphatic rings. The lowest BCUT2D eigenvalue weighted by atomic mass is 10.1. The number of aromatic nitrogens is 1. The van der Waals surface area contributed by atoms with Crippen molar-refractivity contribution >= 4 is 28.3 Å². The Morgan fingerprint density at radius 1 is 1.27 bits per heavy atom. The number of aryl methyl sites for hydroxylation is 1. The molecule has 1 atom stereocenters. The Morgan fingerprint density at radius 2 is 2.00 bits per heavy atom. The van der Waals surface area contributed by atoms with E-state index in [4.69, 9.17) is 5.73 Å². The number of fused-ring (bicyclic) bond motifs is 1. The van der Waals surface area contributed by atoms with Crippen LogP contribution in [0.4, 0.5) is 5.13 Å². The summed E-state index contributed by atoms with van der Waals surface area (Å²) in [6.45, 7) is 0.604. The first-order valence-electron chi connectivity index (χ1n) is 8.94. The first kappa shape index (κ1) is 17.0. The number of hydrogen-bond donors (Lipinski definition) is 2. The fraction of sp³-hybridized carbons (Fsp3) is 0.421. The summed E-state index contributed by atoms with van der Waals surface area (Å²) in [6.07, 6.45) is 3.15. The highest BCUT2D eigenvalue weighted by Gasteiger charge is 2.37. The van der Waals surface area contributed by atoms with Crippen molar-refractivity contribution < 1.29 is 9.59 Å². The molecule has 0 spiro atoms. The van der Waals surface area contributed by atoms with E-state index in [9.17, 15) is 9.59 Å². The predicted molar refractivity (Wildman–Crippen MR) is 101 cm³/mol. The maximum atomic E-state index is 12.4. The Morgan fingerprint density at radius 3 is 2.65 bits per heavy atom. The quantitative estimate of drug-likeness (QED) is 0.836. The van der Waals surface area contributed by atoms with Gasteiger partial charge in [0.1, 0.15) is 0 Å². The number of carbonyl (C=O) groups is 2. The maximum absolute atomic E-state index is 12.4. The van der Waals surface area contributed by atoms with Gasteiger partial charge in [-0.05, 0) is 30.4 Å². The van der Waals surface area contributed by atoms with Crippen LogP contribution in [0.15, 0.2) is 29.6 Å². The summed E-state index contributed by atoms with van der Waals surface area (Å²) in [4.78, 5) is 30.7. The van der Waals surface area contributed by atoms with Crippen LogP contribution in [-0.4, -0.2) is 40.3 Å². The topological polar surface area (TPSA) is 88.3 Å². The average Bonchev–Trinajstić information content (AvgIpc) is 3.31. The van der Waals surface area contributed by atoms with Crippen molar-refractivity contribution in [3.8, 4) is 0 Å². The number of likely N-dealkylation sites (tertiary alicyclic amines) is 1. The summed E-state index contributed by atoms with van der Waals surface area (Å²) in [5.41, 5.74) is 9.11. The molecule has 1 aromatic carbocycles. The number of anilines is 1. The molecule has 4 rings (SSSR count). The SMILES string of the molecule is Nc1nc(CCC(=O)NC2CC(=O)N(C3Cc4ccccc4C3)C2)cs1. The number of nitrogens with one attached hydrogen (secondary N) is 1. The molecule has 0 saturated carbocycles. The van der Waals surface area contributed by atoms with Gasteiger partial charge in [-0.3, -0.25) is 9.59 Å². The number of benzene rings is 1. The van der Waals surface area contributed by atoms with Gasteiger partial charge in [-0.25, -0.2) is 4.98 Å². The van der Waals surface area contributed by atoms with Crippen LogP contribution < -0.4 is 11.1 Å². The number of hydrogen-bond acceptors (Lipinski definition) is 5. The molecule has 0 bridgehead atoms. The Balaban J connectivity index is 1.29. The fourth-order valence-corrected chi connectivity index (χ4v) is 4.51. The van der Waals surface area contributed by atoms with Gasteiger partial charge in [-0.1, -0.05) is 24.3 Å². The molecule has 1 unspecified atom stereocenters. The second-order valence-corrected chi connectivity index (χ2v) is 7.91. The first-order valence-corrected chi connectivity index (χ1v) is 9.82. The molecular formula is C19H22N4O2S. The van der Waals surface area contributed by atoms with Crippen LogP contribution in [0.1, 0.15) is 29.7 Å². The van der Waals surface area contributed by atoms with Crippen LogP contribution in [0, 0.1) is 0 Å². The monoisotopic (exact) mass is 370 g/mol. The smallest absolute Gasteiger partial charge is 0.225 e. The predicted octanol–water partition coefficient (Wildman–Crippen LogP) is 1.54. The second kappa shape index (κ2) is 7.07. The molecule has 1 fully saturated rings. The van der Waals surface area contributed by atoms with Crippen LogP contribution in [0.25, 0.3) is 0 Å². The van der Waals surface area contributed by atoms with Crippen LogP contribution in [0.2, 0.25) is 0 Å². The largest absolute Gasteiger partial charge is 0.375 e. The molecule has 3 N–H and O–H groups in total. The van der Waals surface area contributed by atoms with Crippen LogP contribution >= 0.6 is 11.3 Å². The minimum absolute atomic E-state index is 0.0362. The molecular weight excluding hydrogens is 348 g/mol. The van der Waals surface area contributed by atoms with Crippen molar-refractivity contribution in [1.82, 2.24) is 15.2 Å². The van der Waals surface area contributed by atoms with Gasteiger partial charge in [0.05, 0.1) is 11.7 Å². The summed E-state index contributed by atoms with van der Waals surface area (Å²) in [6, 6.07) is 8.50. The molecule has 136 valence electrons. The van der Waals surface area contributed by atoms with E-state index in [1.807, 2.05) is 22.4 Å². The number of rotatable bonds is 5. The number of amides is 2. The van der Waals surface area contributed by atoms with Gasteiger partial charge in [-0.2, -0.15) is 0 Å². The number of thiazole rings is 1. The Bertz CT molecular complexity index is 809. The Hall–Kier alpha value is -2.41. The molecule has 1 aromatic heterocycles. The van der Waals surface area contributed by atoms with E-state index in [1.54, 1.807) is 0 Å². The molecule has 2 amide bonds. The van der Waals surface area contributed by atoms with E-state index < -0.39 is 0 Å². The number of nitrogen functional groups attached to an aromatic ring is 1. The number of carbonyl (C=O) groups excluding carboxylic acids is 2. The molecule has 7 heteroatoms. The third-order valence-electron chi connectivity index (χ3n) is 5.17. The van der Waals surface area contributed by atoms with Gasteiger partial charge >= 0.3 is 0 Å².